The molecule has 0 saturated carbocycles. The van der Waals surface area contributed by atoms with Crippen LogP contribution in [-0.4, -0.2) is 35.0 Å². The fourth-order valence-corrected chi connectivity index (χ4v) is 2.77. The number of nitrogens with zero attached hydrogens (tertiary/aromatic N) is 2. The quantitative estimate of drug-likeness (QED) is 0.854. The van der Waals surface area contributed by atoms with Crippen molar-refractivity contribution in [3.63, 3.8) is 0 Å². The lowest BCUT2D eigenvalue weighted by Crippen LogP contribution is -2.38. The molecule has 1 atom stereocenters. The second-order valence-corrected chi connectivity index (χ2v) is 6.87. The minimum absolute atomic E-state index is 0.0277. The van der Waals surface area contributed by atoms with Crippen molar-refractivity contribution in [2.75, 3.05) is 13.1 Å². The Morgan fingerprint density at radius 2 is 2.00 bits per heavy atom. The van der Waals surface area contributed by atoms with E-state index in [2.05, 4.69) is 4.98 Å². The summed E-state index contributed by atoms with van der Waals surface area (Å²) in [7, 11) is 0. The molecule has 0 spiro atoms. The summed E-state index contributed by atoms with van der Waals surface area (Å²) in [5.74, 6) is 0.818. The van der Waals surface area contributed by atoms with E-state index >= 15 is 0 Å². The number of rotatable bonds is 2. The summed E-state index contributed by atoms with van der Waals surface area (Å²) in [6.07, 6.45) is 0.885. The zero-order valence-electron chi connectivity index (χ0n) is 13.4. The number of hydrogen-bond acceptors (Lipinski definition) is 3. The predicted molar refractivity (Wildman–Crippen MR) is 86.8 cm³/mol. The van der Waals surface area contributed by atoms with Gasteiger partial charge in [-0.05, 0) is 12.1 Å². The average Bonchev–Trinajstić information content (AvgIpc) is 2.93. The van der Waals surface area contributed by atoms with E-state index in [0.717, 1.165) is 23.9 Å². The molecule has 4 nitrogen and oxygen atoms in total. The lowest BCUT2D eigenvalue weighted by molar-refractivity contribution is -0.138. The van der Waals surface area contributed by atoms with Gasteiger partial charge in [0.2, 0.25) is 11.8 Å². The van der Waals surface area contributed by atoms with Crippen LogP contribution < -0.4 is 4.74 Å². The summed E-state index contributed by atoms with van der Waals surface area (Å²) in [5.41, 5.74) is 0.594. The standard InChI is InChI=1S/C18H22N2O2/c1-18(2,3)17(21)20-11-10-14(12-20)22-16-9-8-13-6-4-5-7-15(13)19-16/h4-9,14H,10-12H2,1-3H3. The molecule has 1 saturated heterocycles. The second kappa shape index (κ2) is 5.59. The van der Waals surface area contributed by atoms with Gasteiger partial charge in [-0.15, -0.1) is 0 Å². The number of ether oxygens (including phenoxy) is 1. The van der Waals surface area contributed by atoms with Gasteiger partial charge in [0.1, 0.15) is 6.10 Å². The summed E-state index contributed by atoms with van der Waals surface area (Å²) >= 11 is 0. The van der Waals surface area contributed by atoms with Crippen LogP contribution in [0.25, 0.3) is 10.9 Å². The highest BCUT2D eigenvalue weighted by atomic mass is 16.5. The zero-order valence-corrected chi connectivity index (χ0v) is 13.4. The van der Waals surface area contributed by atoms with Crippen molar-refractivity contribution in [2.24, 2.45) is 5.41 Å². The van der Waals surface area contributed by atoms with Crippen LogP contribution in [0.3, 0.4) is 0 Å². The van der Waals surface area contributed by atoms with Crippen LogP contribution in [0.5, 0.6) is 5.88 Å². The first-order chi connectivity index (χ1) is 10.4. The highest BCUT2D eigenvalue weighted by Gasteiger charge is 2.33. The second-order valence-electron chi connectivity index (χ2n) is 6.87. The summed E-state index contributed by atoms with van der Waals surface area (Å²) in [5, 5.41) is 1.10. The first kappa shape index (κ1) is 14.8. The van der Waals surface area contributed by atoms with Crippen LogP contribution in [-0.2, 0) is 4.79 Å². The Morgan fingerprint density at radius 3 is 2.77 bits per heavy atom. The van der Waals surface area contributed by atoms with Crippen LogP contribution in [0.15, 0.2) is 36.4 Å². The van der Waals surface area contributed by atoms with Crippen molar-refractivity contribution in [1.82, 2.24) is 9.88 Å². The van der Waals surface area contributed by atoms with Crippen LogP contribution in [0.1, 0.15) is 27.2 Å². The normalized spacial score (nSPS) is 18.7. The molecule has 0 bridgehead atoms. The smallest absolute Gasteiger partial charge is 0.228 e. The Morgan fingerprint density at radius 1 is 1.23 bits per heavy atom. The van der Waals surface area contributed by atoms with Gasteiger partial charge in [-0.3, -0.25) is 4.79 Å². The van der Waals surface area contributed by atoms with E-state index in [1.54, 1.807) is 0 Å². The van der Waals surface area contributed by atoms with Crippen molar-refractivity contribution in [3.8, 4) is 5.88 Å². The maximum atomic E-state index is 12.3. The van der Waals surface area contributed by atoms with E-state index in [4.69, 9.17) is 4.74 Å². The number of carbonyl (C=O) groups excluding carboxylic acids is 1. The topological polar surface area (TPSA) is 42.4 Å². The number of hydrogen-bond donors (Lipinski definition) is 0. The molecule has 1 aromatic carbocycles. The number of para-hydroxylation sites is 1. The molecule has 2 heterocycles. The van der Waals surface area contributed by atoms with Crippen molar-refractivity contribution in [1.29, 1.82) is 0 Å². The Balaban J connectivity index is 1.67. The van der Waals surface area contributed by atoms with E-state index < -0.39 is 0 Å². The van der Waals surface area contributed by atoms with Crippen LogP contribution in [0.2, 0.25) is 0 Å². The Bertz CT molecular complexity index is 691. The molecule has 1 aromatic heterocycles. The monoisotopic (exact) mass is 298 g/mol. The first-order valence-corrected chi connectivity index (χ1v) is 7.75. The number of benzene rings is 1. The average molecular weight is 298 g/mol. The van der Waals surface area contributed by atoms with Crippen molar-refractivity contribution < 1.29 is 9.53 Å². The number of likely N-dealkylation sites (tertiary alicyclic amines) is 1. The summed E-state index contributed by atoms with van der Waals surface area (Å²) in [4.78, 5) is 18.7. The minimum Gasteiger partial charge on any atom is -0.472 e. The molecule has 4 heteroatoms. The van der Waals surface area contributed by atoms with Gasteiger partial charge in [0, 0.05) is 29.8 Å². The molecule has 22 heavy (non-hydrogen) atoms. The molecule has 116 valence electrons. The van der Waals surface area contributed by atoms with Crippen LogP contribution in [0.4, 0.5) is 0 Å². The van der Waals surface area contributed by atoms with E-state index in [9.17, 15) is 4.79 Å². The number of amides is 1. The number of carbonyl (C=O) groups is 1. The van der Waals surface area contributed by atoms with E-state index in [1.165, 1.54) is 0 Å². The van der Waals surface area contributed by atoms with Gasteiger partial charge in [-0.2, -0.15) is 0 Å². The van der Waals surface area contributed by atoms with Crippen LogP contribution >= 0.6 is 0 Å². The fourth-order valence-electron chi connectivity index (χ4n) is 2.77. The van der Waals surface area contributed by atoms with E-state index in [0.29, 0.717) is 12.4 Å². The first-order valence-electron chi connectivity index (χ1n) is 7.75. The van der Waals surface area contributed by atoms with Gasteiger partial charge in [-0.25, -0.2) is 4.98 Å². The zero-order chi connectivity index (χ0) is 15.7. The van der Waals surface area contributed by atoms with Gasteiger partial charge in [0.05, 0.1) is 12.1 Å². The maximum absolute atomic E-state index is 12.3. The fraction of sp³-hybridized carbons (Fsp3) is 0.444. The largest absolute Gasteiger partial charge is 0.472 e. The van der Waals surface area contributed by atoms with Gasteiger partial charge in [0.25, 0.3) is 0 Å². The minimum atomic E-state index is -0.337. The highest BCUT2D eigenvalue weighted by Crippen LogP contribution is 2.24. The van der Waals surface area contributed by atoms with Crippen molar-refractivity contribution in [2.45, 2.75) is 33.3 Å². The lowest BCUT2D eigenvalue weighted by Gasteiger charge is -2.25. The van der Waals surface area contributed by atoms with E-state index in [-0.39, 0.29) is 17.4 Å². The SMILES string of the molecule is CC(C)(C)C(=O)N1CCC(Oc2ccc3ccccc3n2)C1. The Kier molecular flexibility index (Phi) is 3.77. The Hall–Kier alpha value is -2.10. The van der Waals surface area contributed by atoms with Crippen molar-refractivity contribution in [3.05, 3.63) is 36.4 Å². The van der Waals surface area contributed by atoms with Gasteiger partial charge >= 0.3 is 0 Å². The molecule has 1 aliphatic heterocycles. The van der Waals surface area contributed by atoms with Gasteiger partial charge < -0.3 is 9.64 Å². The van der Waals surface area contributed by atoms with E-state index in [1.807, 2.05) is 62.1 Å². The lowest BCUT2D eigenvalue weighted by atomic mass is 9.95. The Labute approximate surface area is 131 Å². The molecule has 0 aliphatic carbocycles. The van der Waals surface area contributed by atoms with Crippen molar-refractivity contribution >= 4 is 16.8 Å². The molecule has 0 radical (unpaired) electrons. The van der Waals surface area contributed by atoms with Gasteiger partial charge in [-0.1, -0.05) is 39.0 Å². The summed E-state index contributed by atoms with van der Waals surface area (Å²) < 4.78 is 5.97. The molecule has 1 aliphatic rings. The van der Waals surface area contributed by atoms with Gasteiger partial charge in [0.15, 0.2) is 0 Å². The summed E-state index contributed by atoms with van der Waals surface area (Å²) in [6, 6.07) is 11.9. The molecular formula is C18H22N2O2. The molecule has 1 fully saturated rings. The molecule has 2 aromatic rings. The number of pyridine rings is 1. The molecule has 1 unspecified atom stereocenters. The third kappa shape index (κ3) is 3.06. The summed E-state index contributed by atoms with van der Waals surface area (Å²) in [6.45, 7) is 7.26. The predicted octanol–water partition coefficient (Wildman–Crippen LogP) is 3.26. The molecule has 0 N–H and O–H groups in total. The third-order valence-electron chi connectivity index (χ3n) is 3.93. The number of fused-ring (bicyclic) bond motifs is 1. The molecule has 3 rings (SSSR count). The molecular weight excluding hydrogens is 276 g/mol. The molecule has 1 amide bonds. The van der Waals surface area contributed by atoms with Crippen LogP contribution in [0, 0.1) is 5.41 Å². The third-order valence-corrected chi connectivity index (χ3v) is 3.93. The highest BCUT2D eigenvalue weighted by molar-refractivity contribution is 5.82. The maximum Gasteiger partial charge on any atom is 0.228 e. The number of aromatic nitrogens is 1.